The first-order valence-corrected chi connectivity index (χ1v) is 7.35. The van der Waals surface area contributed by atoms with E-state index in [0.29, 0.717) is 29.6 Å². The van der Waals surface area contributed by atoms with Gasteiger partial charge in [-0.15, -0.1) is 0 Å². The largest absolute Gasteiger partial charge is 0.497 e. The molecule has 1 rings (SSSR count). The van der Waals surface area contributed by atoms with E-state index < -0.39 is 17.9 Å². The van der Waals surface area contributed by atoms with E-state index in [0.717, 1.165) is 0 Å². The number of nitrogens with one attached hydrogen (secondary N) is 2. The highest BCUT2D eigenvalue weighted by molar-refractivity contribution is 5.95. The van der Waals surface area contributed by atoms with Crippen molar-refractivity contribution in [2.75, 3.05) is 26.1 Å². The van der Waals surface area contributed by atoms with Crippen LogP contribution in [0.1, 0.15) is 20.3 Å². The van der Waals surface area contributed by atoms with Crippen molar-refractivity contribution in [3.63, 3.8) is 0 Å². The number of carbonyl (C=O) groups is 2. The molecule has 0 spiro atoms. The number of anilines is 1. The second kappa shape index (κ2) is 8.99. The molecule has 0 saturated heterocycles. The fourth-order valence-electron chi connectivity index (χ4n) is 1.91. The lowest BCUT2D eigenvalue weighted by Gasteiger charge is -2.16. The van der Waals surface area contributed by atoms with Crippen LogP contribution in [0.25, 0.3) is 0 Å². The Kier molecular flexibility index (Phi) is 7.34. The van der Waals surface area contributed by atoms with Crippen LogP contribution in [0.2, 0.25) is 0 Å². The molecule has 7 nitrogen and oxygen atoms in total. The average molecular weight is 324 g/mol. The van der Waals surface area contributed by atoms with Crippen molar-refractivity contribution in [2.24, 2.45) is 5.92 Å². The molecule has 0 radical (unpaired) electrons. The third-order valence-electron chi connectivity index (χ3n) is 3.14. The Morgan fingerprint density at radius 3 is 2.43 bits per heavy atom. The molecule has 1 aromatic carbocycles. The van der Waals surface area contributed by atoms with Gasteiger partial charge in [0.2, 0.25) is 5.91 Å². The number of hydrogen-bond donors (Lipinski definition) is 3. The van der Waals surface area contributed by atoms with Crippen LogP contribution < -0.4 is 20.1 Å². The Balaban J connectivity index is 2.72. The molecule has 1 amide bonds. The summed E-state index contributed by atoms with van der Waals surface area (Å²) in [7, 11) is 3.01. The summed E-state index contributed by atoms with van der Waals surface area (Å²) in [4.78, 5) is 23.3. The van der Waals surface area contributed by atoms with Crippen LogP contribution in [0.15, 0.2) is 18.2 Å². The van der Waals surface area contributed by atoms with E-state index in [1.807, 2.05) is 13.8 Å². The number of benzene rings is 1. The summed E-state index contributed by atoms with van der Waals surface area (Å²) < 4.78 is 10.3. The summed E-state index contributed by atoms with van der Waals surface area (Å²) in [6.07, 6.45) is -0.169. The zero-order valence-electron chi connectivity index (χ0n) is 13.9. The second-order valence-electron chi connectivity index (χ2n) is 5.51. The summed E-state index contributed by atoms with van der Waals surface area (Å²) in [6.45, 7) is 4.46. The van der Waals surface area contributed by atoms with Crippen molar-refractivity contribution in [1.82, 2.24) is 5.32 Å². The molecular formula is C16H24N2O5. The molecule has 0 heterocycles. The first-order chi connectivity index (χ1) is 10.9. The van der Waals surface area contributed by atoms with Crippen LogP contribution in [-0.2, 0) is 9.59 Å². The smallest absolute Gasteiger partial charge is 0.321 e. The average Bonchev–Trinajstić information content (AvgIpc) is 2.51. The lowest BCUT2D eigenvalue weighted by atomic mass is 10.1. The van der Waals surface area contributed by atoms with Gasteiger partial charge in [0.05, 0.1) is 26.3 Å². The molecule has 0 aromatic heterocycles. The van der Waals surface area contributed by atoms with Crippen molar-refractivity contribution < 1.29 is 24.2 Å². The summed E-state index contributed by atoms with van der Waals surface area (Å²) in [5.74, 6) is -0.122. The van der Waals surface area contributed by atoms with Crippen molar-refractivity contribution in [1.29, 1.82) is 0 Å². The number of hydrogen-bond acceptors (Lipinski definition) is 5. The topological polar surface area (TPSA) is 96.9 Å². The normalized spacial score (nSPS) is 11.9. The lowest BCUT2D eigenvalue weighted by Crippen LogP contribution is -2.41. The second-order valence-corrected chi connectivity index (χ2v) is 5.51. The number of rotatable bonds is 9. The summed E-state index contributed by atoms with van der Waals surface area (Å²) in [5.41, 5.74) is 0.464. The van der Waals surface area contributed by atoms with E-state index in [9.17, 15) is 14.7 Å². The number of carbonyl (C=O) groups excluding carboxylic acids is 1. The minimum atomic E-state index is -1.05. The van der Waals surface area contributed by atoms with Crippen LogP contribution in [0.3, 0.4) is 0 Å². The number of carboxylic acids is 1. The number of aliphatic carboxylic acids is 1. The van der Waals surface area contributed by atoms with Gasteiger partial charge in [0, 0.05) is 6.07 Å². The maximum absolute atomic E-state index is 12.1. The van der Waals surface area contributed by atoms with E-state index in [1.165, 1.54) is 14.2 Å². The van der Waals surface area contributed by atoms with E-state index in [1.54, 1.807) is 18.2 Å². The third-order valence-corrected chi connectivity index (χ3v) is 3.14. The van der Waals surface area contributed by atoms with Crippen LogP contribution in [0.4, 0.5) is 5.69 Å². The zero-order valence-corrected chi connectivity index (χ0v) is 13.9. The third kappa shape index (κ3) is 6.15. The summed E-state index contributed by atoms with van der Waals surface area (Å²) >= 11 is 0. The van der Waals surface area contributed by atoms with Gasteiger partial charge >= 0.3 is 5.97 Å². The first kappa shape index (κ1) is 18.8. The van der Waals surface area contributed by atoms with E-state index in [-0.39, 0.29) is 6.42 Å². The fraction of sp³-hybridized carbons (Fsp3) is 0.500. The minimum absolute atomic E-state index is 0.169. The Morgan fingerprint density at radius 1 is 1.22 bits per heavy atom. The molecule has 23 heavy (non-hydrogen) atoms. The van der Waals surface area contributed by atoms with Gasteiger partial charge < -0.3 is 25.2 Å². The fourth-order valence-corrected chi connectivity index (χ4v) is 1.91. The molecule has 3 N–H and O–H groups in total. The lowest BCUT2D eigenvalue weighted by molar-refractivity contribution is -0.141. The minimum Gasteiger partial charge on any atom is -0.497 e. The van der Waals surface area contributed by atoms with E-state index in [4.69, 9.17) is 9.47 Å². The molecule has 0 aliphatic rings. The van der Waals surface area contributed by atoms with Crippen molar-refractivity contribution in [3.8, 4) is 11.5 Å². The van der Waals surface area contributed by atoms with Crippen LogP contribution >= 0.6 is 0 Å². The molecule has 1 aromatic rings. The predicted molar refractivity (Wildman–Crippen MR) is 87.1 cm³/mol. The Hall–Kier alpha value is -2.28. The number of carboxylic acid groups (broad SMARTS) is 1. The van der Waals surface area contributed by atoms with Crippen LogP contribution in [0.5, 0.6) is 11.5 Å². The quantitative estimate of drug-likeness (QED) is 0.640. The van der Waals surface area contributed by atoms with Gasteiger partial charge in [0.1, 0.15) is 17.5 Å². The van der Waals surface area contributed by atoms with Gasteiger partial charge in [-0.25, -0.2) is 0 Å². The van der Waals surface area contributed by atoms with E-state index >= 15 is 0 Å². The number of ether oxygens (including phenoxy) is 2. The highest BCUT2D eigenvalue weighted by Gasteiger charge is 2.21. The van der Waals surface area contributed by atoms with Crippen molar-refractivity contribution in [3.05, 3.63) is 18.2 Å². The molecule has 0 aliphatic carbocycles. The standard InChI is InChI=1S/C16H24N2O5/c1-10(2)9-17-13(16(20)21)8-15(19)18-12-6-5-11(22-3)7-14(12)23-4/h5-7,10,13,17H,8-9H2,1-4H3,(H,18,19)(H,20,21). The van der Waals surface area contributed by atoms with Crippen LogP contribution in [-0.4, -0.2) is 43.8 Å². The molecule has 0 aliphatic heterocycles. The molecule has 1 unspecified atom stereocenters. The highest BCUT2D eigenvalue weighted by Crippen LogP contribution is 2.29. The zero-order chi connectivity index (χ0) is 17.4. The summed E-state index contributed by atoms with van der Waals surface area (Å²) in [5, 5.41) is 14.7. The maximum Gasteiger partial charge on any atom is 0.321 e. The Labute approximate surface area is 136 Å². The molecular weight excluding hydrogens is 300 g/mol. The molecule has 0 fully saturated rings. The van der Waals surface area contributed by atoms with Gasteiger partial charge in [-0.1, -0.05) is 13.8 Å². The van der Waals surface area contributed by atoms with Gasteiger partial charge in [0.25, 0.3) is 0 Å². The van der Waals surface area contributed by atoms with E-state index in [2.05, 4.69) is 10.6 Å². The molecule has 0 bridgehead atoms. The number of methoxy groups -OCH3 is 2. The SMILES string of the molecule is COc1ccc(NC(=O)CC(NCC(C)C)C(=O)O)c(OC)c1. The molecule has 128 valence electrons. The van der Waals surface area contributed by atoms with Gasteiger partial charge in [-0.2, -0.15) is 0 Å². The Morgan fingerprint density at radius 2 is 1.91 bits per heavy atom. The molecule has 0 saturated carbocycles. The van der Waals surface area contributed by atoms with Crippen LogP contribution in [0, 0.1) is 5.92 Å². The number of amides is 1. The summed E-state index contributed by atoms with van der Waals surface area (Å²) in [6, 6.07) is 4.04. The Bertz CT molecular complexity index is 545. The van der Waals surface area contributed by atoms with Gasteiger partial charge in [-0.05, 0) is 24.6 Å². The highest BCUT2D eigenvalue weighted by atomic mass is 16.5. The van der Waals surface area contributed by atoms with Crippen molar-refractivity contribution >= 4 is 17.6 Å². The maximum atomic E-state index is 12.1. The molecule has 7 heteroatoms. The first-order valence-electron chi connectivity index (χ1n) is 7.35. The molecule has 1 atom stereocenters. The van der Waals surface area contributed by atoms with Crippen molar-refractivity contribution in [2.45, 2.75) is 26.3 Å². The monoisotopic (exact) mass is 324 g/mol. The van der Waals surface area contributed by atoms with Gasteiger partial charge in [-0.3, -0.25) is 9.59 Å². The predicted octanol–water partition coefficient (Wildman–Crippen LogP) is 1.73. The van der Waals surface area contributed by atoms with Gasteiger partial charge in [0.15, 0.2) is 0 Å².